The number of carbonyl (C=O) groups is 1. The van der Waals surface area contributed by atoms with Crippen LogP contribution in [0.15, 0.2) is 42.6 Å². The normalized spacial score (nSPS) is 14.6. The highest BCUT2D eigenvalue weighted by Gasteiger charge is 2.18. The van der Waals surface area contributed by atoms with Crippen molar-refractivity contribution in [2.75, 3.05) is 6.61 Å². The maximum atomic E-state index is 10.7. The lowest BCUT2D eigenvalue weighted by molar-refractivity contribution is 0.158. The molecule has 0 radical (unpaired) electrons. The van der Waals surface area contributed by atoms with Crippen molar-refractivity contribution in [2.45, 2.75) is 44.9 Å². The van der Waals surface area contributed by atoms with Gasteiger partial charge in [-0.3, -0.25) is 4.57 Å². The van der Waals surface area contributed by atoms with Crippen molar-refractivity contribution < 1.29 is 9.53 Å². The van der Waals surface area contributed by atoms with Gasteiger partial charge in [-0.1, -0.05) is 37.8 Å². The number of pyridine rings is 1. The topological polar surface area (TPSA) is 83.0 Å². The fourth-order valence-corrected chi connectivity index (χ4v) is 4.11. The predicted octanol–water partition coefficient (Wildman–Crippen LogP) is 4.18. The van der Waals surface area contributed by atoms with Crippen LogP contribution in [0, 0.1) is 5.92 Å². The van der Waals surface area contributed by atoms with E-state index < -0.39 is 6.09 Å². The van der Waals surface area contributed by atoms with E-state index in [4.69, 9.17) is 15.5 Å². The number of ether oxygens (including phenoxy) is 1. The standard InChI is InChI=1S/C22H26N4O2/c23-22(27)28-15-13-17-7-10-18(11-8-17)26-20(12-9-16-4-1-2-5-16)25-19-6-3-14-24-21(19)26/h3,6-8,10-11,14,16H,1-2,4-5,9,12-13,15H2,(H2,23,27). The Morgan fingerprint density at radius 1 is 1.14 bits per heavy atom. The summed E-state index contributed by atoms with van der Waals surface area (Å²) in [4.78, 5) is 20.1. The lowest BCUT2D eigenvalue weighted by Gasteiger charge is -2.12. The van der Waals surface area contributed by atoms with Crippen LogP contribution in [0.25, 0.3) is 16.9 Å². The SMILES string of the molecule is NC(=O)OCCc1ccc(-n2c(CCC3CCCC3)nc3cccnc32)cc1. The van der Waals surface area contributed by atoms with Gasteiger partial charge < -0.3 is 10.5 Å². The third kappa shape index (κ3) is 4.16. The summed E-state index contributed by atoms with van der Waals surface area (Å²) in [7, 11) is 0. The Hall–Kier alpha value is -2.89. The molecular weight excluding hydrogens is 352 g/mol. The van der Waals surface area contributed by atoms with Gasteiger partial charge in [0.25, 0.3) is 0 Å². The van der Waals surface area contributed by atoms with E-state index in [1.165, 1.54) is 32.1 Å². The minimum absolute atomic E-state index is 0.289. The summed E-state index contributed by atoms with van der Waals surface area (Å²) in [5.74, 6) is 1.90. The molecule has 0 aliphatic heterocycles. The first-order chi connectivity index (χ1) is 13.7. The summed E-state index contributed by atoms with van der Waals surface area (Å²) in [6.07, 6.45) is 9.30. The van der Waals surface area contributed by atoms with Crippen LogP contribution in [0.3, 0.4) is 0 Å². The summed E-state index contributed by atoms with van der Waals surface area (Å²) < 4.78 is 6.99. The Labute approximate surface area is 164 Å². The highest BCUT2D eigenvalue weighted by molar-refractivity contribution is 5.73. The molecule has 1 aromatic carbocycles. The second kappa shape index (κ2) is 8.42. The second-order valence-electron chi connectivity index (χ2n) is 7.48. The Bertz CT molecular complexity index is 943. The predicted molar refractivity (Wildman–Crippen MR) is 108 cm³/mol. The van der Waals surface area contributed by atoms with E-state index >= 15 is 0 Å². The van der Waals surface area contributed by atoms with Crippen molar-refractivity contribution >= 4 is 17.3 Å². The zero-order valence-electron chi connectivity index (χ0n) is 16.0. The molecule has 2 heterocycles. The van der Waals surface area contributed by atoms with Crippen molar-refractivity contribution in [2.24, 2.45) is 11.7 Å². The first-order valence-corrected chi connectivity index (χ1v) is 10.0. The Morgan fingerprint density at radius 3 is 2.68 bits per heavy atom. The molecule has 6 nitrogen and oxygen atoms in total. The van der Waals surface area contributed by atoms with Gasteiger partial charge in [0.15, 0.2) is 5.65 Å². The van der Waals surface area contributed by atoms with Crippen LogP contribution in [0.5, 0.6) is 0 Å². The first-order valence-electron chi connectivity index (χ1n) is 10.0. The number of primary amides is 1. The third-order valence-corrected chi connectivity index (χ3v) is 5.57. The number of aromatic nitrogens is 3. The Kier molecular flexibility index (Phi) is 5.55. The van der Waals surface area contributed by atoms with E-state index in [9.17, 15) is 4.79 Å². The summed E-state index contributed by atoms with van der Waals surface area (Å²) in [5.41, 5.74) is 8.99. The maximum absolute atomic E-state index is 10.7. The molecule has 2 aromatic heterocycles. The molecule has 0 spiro atoms. The minimum Gasteiger partial charge on any atom is -0.449 e. The molecule has 1 saturated carbocycles. The molecule has 1 amide bonds. The number of rotatable bonds is 7. The van der Waals surface area contributed by atoms with Gasteiger partial charge in [-0.25, -0.2) is 14.8 Å². The second-order valence-corrected chi connectivity index (χ2v) is 7.48. The van der Waals surface area contributed by atoms with Gasteiger partial charge in [-0.05, 0) is 42.2 Å². The van der Waals surface area contributed by atoms with Crippen LogP contribution in [0.2, 0.25) is 0 Å². The zero-order valence-corrected chi connectivity index (χ0v) is 16.0. The summed E-state index contributed by atoms with van der Waals surface area (Å²) in [6, 6.07) is 12.2. The van der Waals surface area contributed by atoms with Gasteiger partial charge in [-0.15, -0.1) is 0 Å². The van der Waals surface area contributed by atoms with Gasteiger partial charge in [0, 0.05) is 24.7 Å². The van der Waals surface area contributed by atoms with E-state index in [-0.39, 0.29) is 6.61 Å². The molecule has 28 heavy (non-hydrogen) atoms. The molecule has 0 unspecified atom stereocenters. The number of nitrogens with two attached hydrogens (primary N) is 1. The zero-order chi connectivity index (χ0) is 19.3. The van der Waals surface area contributed by atoms with E-state index in [0.29, 0.717) is 6.42 Å². The lowest BCUT2D eigenvalue weighted by atomic mass is 10.0. The molecule has 0 atom stereocenters. The van der Waals surface area contributed by atoms with Crippen molar-refractivity contribution in [3.8, 4) is 5.69 Å². The number of amides is 1. The average molecular weight is 378 g/mol. The summed E-state index contributed by atoms with van der Waals surface area (Å²) in [5, 5.41) is 0. The number of imidazole rings is 1. The molecule has 0 saturated heterocycles. The van der Waals surface area contributed by atoms with E-state index in [1.54, 1.807) is 0 Å². The van der Waals surface area contributed by atoms with Crippen molar-refractivity contribution in [1.82, 2.24) is 14.5 Å². The van der Waals surface area contributed by atoms with Crippen LogP contribution in [-0.4, -0.2) is 27.2 Å². The molecule has 1 fully saturated rings. The van der Waals surface area contributed by atoms with Gasteiger partial charge in [0.2, 0.25) is 0 Å². The van der Waals surface area contributed by atoms with Crippen LogP contribution in [-0.2, 0) is 17.6 Å². The van der Waals surface area contributed by atoms with Crippen LogP contribution in [0.4, 0.5) is 4.79 Å². The Balaban J connectivity index is 1.57. The summed E-state index contributed by atoms with van der Waals surface area (Å²) >= 11 is 0. The number of nitrogens with zero attached hydrogens (tertiary/aromatic N) is 3. The smallest absolute Gasteiger partial charge is 0.404 e. The quantitative estimate of drug-likeness (QED) is 0.668. The number of hydrogen-bond donors (Lipinski definition) is 1. The fourth-order valence-electron chi connectivity index (χ4n) is 4.11. The third-order valence-electron chi connectivity index (χ3n) is 5.57. The van der Waals surface area contributed by atoms with Gasteiger partial charge >= 0.3 is 6.09 Å². The number of benzene rings is 1. The van der Waals surface area contributed by atoms with Crippen molar-refractivity contribution in [3.63, 3.8) is 0 Å². The first kappa shape index (κ1) is 18.5. The van der Waals surface area contributed by atoms with Gasteiger partial charge in [-0.2, -0.15) is 0 Å². The van der Waals surface area contributed by atoms with Crippen LogP contribution < -0.4 is 5.73 Å². The monoisotopic (exact) mass is 378 g/mol. The number of aryl methyl sites for hydroxylation is 1. The molecule has 146 valence electrons. The van der Waals surface area contributed by atoms with Gasteiger partial charge in [0.05, 0.1) is 6.61 Å². The van der Waals surface area contributed by atoms with Crippen LogP contribution >= 0.6 is 0 Å². The van der Waals surface area contributed by atoms with Gasteiger partial charge in [0.1, 0.15) is 11.3 Å². The Morgan fingerprint density at radius 2 is 1.93 bits per heavy atom. The molecular formula is C22H26N4O2. The fraction of sp³-hybridized carbons (Fsp3) is 0.409. The van der Waals surface area contributed by atoms with E-state index in [1.807, 2.05) is 18.3 Å². The molecule has 1 aliphatic carbocycles. The average Bonchev–Trinajstić information content (AvgIpc) is 3.34. The number of carbonyl (C=O) groups excluding carboxylic acids is 1. The number of fused-ring (bicyclic) bond motifs is 1. The van der Waals surface area contributed by atoms with Crippen molar-refractivity contribution in [3.05, 3.63) is 54.0 Å². The number of hydrogen-bond acceptors (Lipinski definition) is 4. The molecule has 1 aliphatic rings. The largest absolute Gasteiger partial charge is 0.449 e. The molecule has 6 heteroatoms. The highest BCUT2D eigenvalue weighted by atomic mass is 16.5. The molecule has 2 N–H and O–H groups in total. The maximum Gasteiger partial charge on any atom is 0.404 e. The molecule has 3 aromatic rings. The minimum atomic E-state index is -0.737. The molecule has 4 rings (SSSR count). The van der Waals surface area contributed by atoms with Crippen LogP contribution in [0.1, 0.15) is 43.5 Å². The van der Waals surface area contributed by atoms with E-state index in [2.05, 4.69) is 33.8 Å². The van der Waals surface area contributed by atoms with E-state index in [0.717, 1.165) is 40.6 Å². The lowest BCUT2D eigenvalue weighted by Crippen LogP contribution is -2.14. The van der Waals surface area contributed by atoms with Crippen molar-refractivity contribution in [1.29, 1.82) is 0 Å². The molecule has 0 bridgehead atoms. The summed E-state index contributed by atoms with van der Waals surface area (Å²) in [6.45, 7) is 0.289. The highest BCUT2D eigenvalue weighted by Crippen LogP contribution is 2.29.